The summed E-state index contributed by atoms with van der Waals surface area (Å²) in [5.41, 5.74) is 5.63. The van der Waals surface area contributed by atoms with E-state index in [-0.39, 0.29) is 17.8 Å². The third-order valence-corrected chi connectivity index (χ3v) is 3.99. The van der Waals surface area contributed by atoms with Crippen LogP contribution in [0.1, 0.15) is 16.6 Å². The lowest BCUT2D eigenvalue weighted by molar-refractivity contribution is 0.0948. The molecule has 0 saturated carbocycles. The largest absolute Gasteiger partial charge is 0.382 e. The molecule has 2 atom stereocenters. The van der Waals surface area contributed by atoms with Crippen LogP contribution in [-0.2, 0) is 10.8 Å². The summed E-state index contributed by atoms with van der Waals surface area (Å²) in [6, 6.07) is -0.159. The van der Waals surface area contributed by atoms with Crippen LogP contribution in [0, 0.1) is 0 Å². The SMILES string of the molecule is CNc1nc(N)c(C(=O)NC(C)CS(C)=O)s1. The molecule has 4 N–H and O–H groups in total. The normalized spacial score (nSPS) is 14.1. The zero-order valence-corrected chi connectivity index (χ0v) is 11.6. The Labute approximate surface area is 106 Å². The van der Waals surface area contributed by atoms with E-state index in [2.05, 4.69) is 15.6 Å². The first-order valence-corrected chi connectivity index (χ1v) is 7.53. The topological polar surface area (TPSA) is 97.1 Å². The standard InChI is InChI=1S/C9H16N4O2S2/c1-5(4-17(3)15)12-8(14)6-7(10)13-9(11-2)16-6/h5H,4,10H2,1-3H3,(H,11,13)(H,12,14). The summed E-state index contributed by atoms with van der Waals surface area (Å²) in [4.78, 5) is 16.2. The van der Waals surface area contributed by atoms with Crippen LogP contribution in [0.4, 0.5) is 10.9 Å². The number of nitrogens with zero attached hydrogens (tertiary/aromatic N) is 1. The van der Waals surface area contributed by atoms with Gasteiger partial charge in [-0.1, -0.05) is 11.3 Å². The van der Waals surface area contributed by atoms with Crippen molar-refractivity contribution in [2.24, 2.45) is 0 Å². The van der Waals surface area contributed by atoms with Crippen molar-refractivity contribution < 1.29 is 9.00 Å². The average molecular weight is 276 g/mol. The first kappa shape index (κ1) is 13.9. The van der Waals surface area contributed by atoms with Gasteiger partial charge in [0.1, 0.15) is 10.7 Å². The lowest BCUT2D eigenvalue weighted by Gasteiger charge is -2.11. The van der Waals surface area contributed by atoms with Crippen LogP contribution in [0.25, 0.3) is 0 Å². The molecule has 1 aromatic heterocycles. The number of carbonyl (C=O) groups is 1. The number of nitrogen functional groups attached to an aromatic ring is 1. The van der Waals surface area contributed by atoms with E-state index < -0.39 is 10.8 Å². The monoisotopic (exact) mass is 276 g/mol. The fourth-order valence-corrected chi connectivity index (χ4v) is 2.81. The minimum Gasteiger partial charge on any atom is -0.382 e. The van der Waals surface area contributed by atoms with Crippen molar-refractivity contribution in [3.8, 4) is 0 Å². The van der Waals surface area contributed by atoms with Crippen LogP contribution in [0.15, 0.2) is 0 Å². The van der Waals surface area contributed by atoms with Crippen LogP contribution in [0.2, 0.25) is 0 Å². The second-order valence-electron chi connectivity index (χ2n) is 3.60. The fraction of sp³-hybridized carbons (Fsp3) is 0.556. The third kappa shape index (κ3) is 3.97. The Bertz CT molecular complexity index is 433. The minimum absolute atomic E-state index is 0.159. The van der Waals surface area contributed by atoms with E-state index in [0.717, 1.165) is 0 Å². The Kier molecular flexibility index (Phi) is 4.88. The molecule has 0 saturated heterocycles. The molecular formula is C9H16N4O2S2. The molecule has 6 nitrogen and oxygen atoms in total. The van der Waals surface area contributed by atoms with Gasteiger partial charge in [-0.05, 0) is 6.92 Å². The Morgan fingerprint density at radius 1 is 1.65 bits per heavy atom. The molecule has 1 rings (SSSR count). The number of rotatable bonds is 5. The molecule has 1 heterocycles. The molecule has 1 aromatic rings. The van der Waals surface area contributed by atoms with Gasteiger partial charge < -0.3 is 16.4 Å². The van der Waals surface area contributed by atoms with Crippen LogP contribution in [-0.4, -0.2) is 40.2 Å². The number of aromatic nitrogens is 1. The van der Waals surface area contributed by atoms with E-state index in [0.29, 0.717) is 15.8 Å². The molecule has 0 fully saturated rings. The summed E-state index contributed by atoms with van der Waals surface area (Å²) in [6.07, 6.45) is 1.60. The average Bonchev–Trinajstić information content (AvgIpc) is 2.58. The molecule has 0 radical (unpaired) electrons. The van der Waals surface area contributed by atoms with E-state index in [1.165, 1.54) is 11.3 Å². The smallest absolute Gasteiger partial charge is 0.265 e. The number of nitrogens with two attached hydrogens (primary N) is 1. The third-order valence-electron chi connectivity index (χ3n) is 1.94. The molecule has 1 amide bonds. The number of amides is 1. The van der Waals surface area contributed by atoms with Gasteiger partial charge in [-0.2, -0.15) is 0 Å². The summed E-state index contributed by atoms with van der Waals surface area (Å²) in [5, 5.41) is 6.16. The second-order valence-corrected chi connectivity index (χ2v) is 6.08. The highest BCUT2D eigenvalue weighted by Gasteiger charge is 2.17. The second kappa shape index (κ2) is 5.97. The molecule has 2 unspecified atom stereocenters. The predicted octanol–water partition coefficient (Wildman–Crippen LogP) is 0.264. The van der Waals surface area contributed by atoms with Gasteiger partial charge in [-0.3, -0.25) is 9.00 Å². The fourth-order valence-electron chi connectivity index (χ4n) is 1.28. The zero-order valence-electron chi connectivity index (χ0n) is 9.94. The minimum atomic E-state index is -0.941. The lowest BCUT2D eigenvalue weighted by Crippen LogP contribution is -2.36. The van der Waals surface area contributed by atoms with E-state index in [4.69, 9.17) is 5.73 Å². The van der Waals surface area contributed by atoms with Crippen molar-refractivity contribution in [3.63, 3.8) is 0 Å². The summed E-state index contributed by atoms with van der Waals surface area (Å²) >= 11 is 1.19. The number of carbonyl (C=O) groups excluding carboxylic acids is 1. The van der Waals surface area contributed by atoms with Crippen LogP contribution < -0.4 is 16.4 Å². The maximum atomic E-state index is 11.8. The molecule has 0 aliphatic rings. The van der Waals surface area contributed by atoms with Gasteiger partial charge in [0.05, 0.1) is 0 Å². The Morgan fingerprint density at radius 2 is 2.29 bits per heavy atom. The Balaban J connectivity index is 2.69. The maximum Gasteiger partial charge on any atom is 0.265 e. The van der Waals surface area contributed by atoms with Crippen molar-refractivity contribution in [2.45, 2.75) is 13.0 Å². The molecule has 0 spiro atoms. The Hall–Kier alpha value is -1.15. The van der Waals surface area contributed by atoms with Gasteiger partial charge in [0, 0.05) is 35.9 Å². The van der Waals surface area contributed by atoms with Gasteiger partial charge in [0.15, 0.2) is 5.13 Å². The van der Waals surface area contributed by atoms with Crippen molar-refractivity contribution in [2.75, 3.05) is 30.1 Å². The van der Waals surface area contributed by atoms with Crippen molar-refractivity contribution in [3.05, 3.63) is 4.88 Å². The molecule has 0 bridgehead atoms. The molecule has 0 aromatic carbocycles. The first-order valence-electron chi connectivity index (χ1n) is 4.99. The molecule has 0 aliphatic heterocycles. The number of anilines is 2. The van der Waals surface area contributed by atoms with Crippen molar-refractivity contribution in [1.29, 1.82) is 0 Å². The van der Waals surface area contributed by atoms with Gasteiger partial charge in [-0.25, -0.2) is 4.98 Å². The summed E-state index contributed by atoms with van der Waals surface area (Å²) in [7, 11) is 0.770. The van der Waals surface area contributed by atoms with E-state index in [9.17, 15) is 9.00 Å². The zero-order chi connectivity index (χ0) is 13.0. The maximum absolute atomic E-state index is 11.8. The van der Waals surface area contributed by atoms with Crippen LogP contribution in [0.3, 0.4) is 0 Å². The molecule has 8 heteroatoms. The van der Waals surface area contributed by atoms with E-state index in [1.807, 2.05) is 0 Å². The molecule has 0 aliphatic carbocycles. The van der Waals surface area contributed by atoms with Gasteiger partial charge in [-0.15, -0.1) is 0 Å². The van der Waals surface area contributed by atoms with E-state index >= 15 is 0 Å². The molecular weight excluding hydrogens is 260 g/mol. The lowest BCUT2D eigenvalue weighted by atomic mass is 10.3. The quantitative estimate of drug-likeness (QED) is 0.717. The number of thiazole rings is 1. The first-order chi connectivity index (χ1) is 7.93. The van der Waals surface area contributed by atoms with Crippen molar-refractivity contribution >= 4 is 39.0 Å². The number of hydrogen-bond donors (Lipinski definition) is 3. The van der Waals surface area contributed by atoms with Gasteiger partial charge >= 0.3 is 0 Å². The molecule has 96 valence electrons. The van der Waals surface area contributed by atoms with Crippen molar-refractivity contribution in [1.82, 2.24) is 10.3 Å². The van der Waals surface area contributed by atoms with Crippen LogP contribution >= 0.6 is 11.3 Å². The highest BCUT2D eigenvalue weighted by Crippen LogP contribution is 2.24. The highest BCUT2D eigenvalue weighted by molar-refractivity contribution is 7.84. The highest BCUT2D eigenvalue weighted by atomic mass is 32.2. The Morgan fingerprint density at radius 3 is 2.76 bits per heavy atom. The summed E-state index contributed by atoms with van der Waals surface area (Å²) in [5.74, 6) is 0.352. The molecule has 17 heavy (non-hydrogen) atoms. The predicted molar refractivity (Wildman–Crippen MR) is 71.9 cm³/mol. The number of hydrogen-bond acceptors (Lipinski definition) is 6. The summed E-state index contributed by atoms with van der Waals surface area (Å²) in [6.45, 7) is 1.80. The van der Waals surface area contributed by atoms with Crippen LogP contribution in [0.5, 0.6) is 0 Å². The van der Waals surface area contributed by atoms with E-state index in [1.54, 1.807) is 20.2 Å². The number of nitrogens with one attached hydrogen (secondary N) is 2. The summed E-state index contributed by atoms with van der Waals surface area (Å²) < 4.78 is 11.0. The van der Waals surface area contributed by atoms with Gasteiger partial charge in [0.2, 0.25) is 0 Å². The van der Waals surface area contributed by atoms with Gasteiger partial charge in [0.25, 0.3) is 5.91 Å².